The molecule has 0 fully saturated rings. The van der Waals surface area contributed by atoms with Crippen LogP contribution in [0, 0.1) is 0 Å². The molecule has 0 aliphatic carbocycles. The van der Waals surface area contributed by atoms with Crippen LogP contribution in [0.25, 0.3) is 0 Å². The number of sulfonamides is 1. The van der Waals surface area contributed by atoms with Gasteiger partial charge in [0.1, 0.15) is 5.75 Å². The van der Waals surface area contributed by atoms with Gasteiger partial charge in [-0.05, 0) is 45.0 Å². The molecule has 0 heterocycles. The Morgan fingerprint density at radius 3 is 2.08 bits per heavy atom. The highest BCUT2D eigenvalue weighted by Crippen LogP contribution is 2.25. The number of ether oxygens (including phenoxy) is 1. The van der Waals surface area contributed by atoms with E-state index >= 15 is 0 Å². The van der Waals surface area contributed by atoms with Crippen molar-refractivity contribution in [2.45, 2.75) is 44.5 Å². The maximum absolute atomic E-state index is 12.5. The Balaban J connectivity index is 2.95. The van der Waals surface area contributed by atoms with E-state index in [1.54, 1.807) is 27.7 Å². The zero-order valence-electron chi connectivity index (χ0n) is 14.3. The van der Waals surface area contributed by atoms with E-state index in [2.05, 4.69) is 10.1 Å². The molecule has 1 amide bonds. The summed E-state index contributed by atoms with van der Waals surface area (Å²) in [6, 6.07) is 3.81. The van der Waals surface area contributed by atoms with E-state index in [1.165, 1.54) is 0 Å². The first-order valence-electron chi connectivity index (χ1n) is 7.41. The van der Waals surface area contributed by atoms with Gasteiger partial charge in [0.25, 0.3) is 0 Å². The Kier molecular flexibility index (Phi) is 6.46. The summed E-state index contributed by atoms with van der Waals surface area (Å²) < 4.78 is 66.2. The highest BCUT2D eigenvalue weighted by Gasteiger charge is 2.31. The first-order chi connectivity index (χ1) is 11.2. The number of alkyl halides is 3. The molecule has 0 aliphatic heterocycles. The summed E-state index contributed by atoms with van der Waals surface area (Å²) in [5, 5.41) is 2.65. The van der Waals surface area contributed by atoms with Crippen LogP contribution in [-0.2, 0) is 14.8 Å². The van der Waals surface area contributed by atoms with Crippen molar-refractivity contribution >= 4 is 15.9 Å². The Hall–Kier alpha value is -1.81. The Labute approximate surface area is 145 Å². The maximum atomic E-state index is 12.5. The summed E-state index contributed by atoms with van der Waals surface area (Å²) in [6.45, 7) is 6.47. The molecule has 142 valence electrons. The van der Waals surface area contributed by atoms with E-state index in [1.807, 2.05) is 0 Å². The van der Waals surface area contributed by atoms with Gasteiger partial charge in [-0.15, -0.1) is 13.2 Å². The van der Waals surface area contributed by atoms with E-state index in [0.717, 1.165) is 28.6 Å². The van der Waals surface area contributed by atoms with Crippen molar-refractivity contribution in [1.82, 2.24) is 9.62 Å². The lowest BCUT2D eigenvalue weighted by Gasteiger charge is -2.24. The molecule has 1 rings (SSSR count). The molecule has 0 aliphatic rings. The largest absolute Gasteiger partial charge is 0.573 e. The van der Waals surface area contributed by atoms with Gasteiger partial charge in [0.05, 0.1) is 11.4 Å². The van der Waals surface area contributed by atoms with Crippen LogP contribution in [0.5, 0.6) is 5.75 Å². The SMILES string of the molecule is CCN(CC(=O)NC(C)(C)C)S(=O)(=O)c1ccc(OC(F)(F)F)cc1. The molecule has 1 N–H and O–H groups in total. The molecule has 0 atom stereocenters. The predicted octanol–water partition coefficient (Wildman–Crippen LogP) is 2.51. The van der Waals surface area contributed by atoms with Crippen LogP contribution < -0.4 is 10.1 Å². The summed E-state index contributed by atoms with van der Waals surface area (Å²) in [5.74, 6) is -1.00. The fraction of sp³-hybridized carbons (Fsp3) is 0.533. The summed E-state index contributed by atoms with van der Waals surface area (Å²) in [5.41, 5.74) is -0.517. The lowest BCUT2D eigenvalue weighted by molar-refractivity contribution is -0.274. The third kappa shape index (κ3) is 6.91. The fourth-order valence-electron chi connectivity index (χ4n) is 1.95. The normalized spacial score (nSPS) is 13.0. The molecule has 25 heavy (non-hydrogen) atoms. The van der Waals surface area contributed by atoms with E-state index in [9.17, 15) is 26.4 Å². The van der Waals surface area contributed by atoms with Crippen molar-refractivity contribution < 1.29 is 31.1 Å². The number of likely N-dealkylation sites (N-methyl/N-ethyl adjacent to an activating group) is 1. The molecule has 1 aromatic rings. The molecule has 1 aromatic carbocycles. The minimum Gasteiger partial charge on any atom is -0.406 e. The standard InChI is InChI=1S/C15H21F3N2O4S/c1-5-20(10-13(21)19-14(2,3)4)25(22,23)12-8-6-11(7-9-12)24-15(16,17)18/h6-9H,5,10H2,1-4H3,(H,19,21). The minimum atomic E-state index is -4.86. The van der Waals surface area contributed by atoms with E-state index < -0.39 is 40.1 Å². The Morgan fingerprint density at radius 1 is 1.16 bits per heavy atom. The lowest BCUT2D eigenvalue weighted by Crippen LogP contribution is -2.47. The van der Waals surface area contributed by atoms with Crippen molar-refractivity contribution in [3.63, 3.8) is 0 Å². The number of nitrogens with zero attached hydrogens (tertiary/aromatic N) is 1. The van der Waals surface area contributed by atoms with Crippen LogP contribution in [0.3, 0.4) is 0 Å². The van der Waals surface area contributed by atoms with Crippen molar-refractivity contribution in [2.24, 2.45) is 0 Å². The lowest BCUT2D eigenvalue weighted by atomic mass is 10.1. The zero-order valence-corrected chi connectivity index (χ0v) is 15.2. The quantitative estimate of drug-likeness (QED) is 0.820. The highest BCUT2D eigenvalue weighted by molar-refractivity contribution is 7.89. The third-order valence-corrected chi connectivity index (χ3v) is 4.82. The highest BCUT2D eigenvalue weighted by atomic mass is 32.2. The van der Waals surface area contributed by atoms with Gasteiger partial charge in [-0.25, -0.2) is 8.42 Å². The second-order valence-electron chi connectivity index (χ2n) is 6.25. The number of rotatable bonds is 6. The van der Waals surface area contributed by atoms with Crippen LogP contribution in [-0.4, -0.2) is 43.6 Å². The molecule has 0 spiro atoms. The number of carbonyl (C=O) groups is 1. The van der Waals surface area contributed by atoms with Crippen LogP contribution >= 0.6 is 0 Å². The molecule has 0 radical (unpaired) electrons. The topological polar surface area (TPSA) is 75.7 Å². The Bertz CT molecular complexity index is 695. The van der Waals surface area contributed by atoms with E-state index in [4.69, 9.17) is 0 Å². The number of amides is 1. The summed E-state index contributed by atoms with van der Waals surface area (Å²) in [4.78, 5) is 11.7. The molecule has 0 unspecified atom stereocenters. The van der Waals surface area contributed by atoms with Gasteiger partial charge in [0.15, 0.2) is 0 Å². The van der Waals surface area contributed by atoms with E-state index in [0.29, 0.717) is 0 Å². The first kappa shape index (κ1) is 21.2. The monoisotopic (exact) mass is 382 g/mol. The van der Waals surface area contributed by atoms with Gasteiger partial charge in [-0.2, -0.15) is 4.31 Å². The molecule has 6 nitrogen and oxygen atoms in total. The smallest absolute Gasteiger partial charge is 0.406 e. The van der Waals surface area contributed by atoms with Crippen molar-refractivity contribution in [2.75, 3.05) is 13.1 Å². The molecule has 0 saturated carbocycles. The number of halogens is 3. The number of hydrogen-bond donors (Lipinski definition) is 1. The first-order valence-corrected chi connectivity index (χ1v) is 8.85. The second-order valence-corrected chi connectivity index (χ2v) is 8.19. The maximum Gasteiger partial charge on any atom is 0.573 e. The van der Waals surface area contributed by atoms with Gasteiger partial charge >= 0.3 is 6.36 Å². The summed E-state index contributed by atoms with van der Waals surface area (Å²) in [7, 11) is -4.03. The van der Waals surface area contributed by atoms with Crippen LogP contribution in [0.4, 0.5) is 13.2 Å². The predicted molar refractivity (Wildman–Crippen MR) is 85.5 cm³/mol. The number of benzene rings is 1. The van der Waals surface area contributed by atoms with Crippen molar-refractivity contribution in [3.8, 4) is 5.75 Å². The third-order valence-electron chi connectivity index (χ3n) is 2.88. The van der Waals surface area contributed by atoms with Gasteiger partial charge in [-0.3, -0.25) is 4.79 Å². The van der Waals surface area contributed by atoms with Crippen molar-refractivity contribution in [3.05, 3.63) is 24.3 Å². The van der Waals surface area contributed by atoms with Gasteiger partial charge in [-0.1, -0.05) is 6.92 Å². The zero-order chi connectivity index (χ0) is 19.5. The number of hydrogen-bond acceptors (Lipinski definition) is 4. The molecule has 10 heteroatoms. The van der Waals surface area contributed by atoms with Crippen LogP contribution in [0.1, 0.15) is 27.7 Å². The number of nitrogens with one attached hydrogen (secondary N) is 1. The van der Waals surface area contributed by atoms with Gasteiger partial charge < -0.3 is 10.1 Å². The average molecular weight is 382 g/mol. The molecular weight excluding hydrogens is 361 g/mol. The average Bonchev–Trinajstić information content (AvgIpc) is 2.41. The molecule has 0 bridgehead atoms. The fourth-order valence-corrected chi connectivity index (χ4v) is 3.35. The van der Waals surface area contributed by atoms with Gasteiger partial charge in [0.2, 0.25) is 15.9 Å². The van der Waals surface area contributed by atoms with Crippen LogP contribution in [0.2, 0.25) is 0 Å². The second kappa shape index (κ2) is 7.61. The molecular formula is C15H21F3N2O4S. The molecule has 0 aromatic heterocycles. The molecule has 0 saturated heterocycles. The number of carbonyl (C=O) groups excluding carboxylic acids is 1. The minimum absolute atomic E-state index is 0.0285. The Morgan fingerprint density at radius 2 is 1.68 bits per heavy atom. The van der Waals surface area contributed by atoms with E-state index in [-0.39, 0.29) is 11.4 Å². The van der Waals surface area contributed by atoms with Crippen molar-refractivity contribution in [1.29, 1.82) is 0 Å². The van der Waals surface area contributed by atoms with Crippen LogP contribution in [0.15, 0.2) is 29.2 Å². The summed E-state index contributed by atoms with van der Waals surface area (Å²) >= 11 is 0. The summed E-state index contributed by atoms with van der Waals surface area (Å²) in [6.07, 6.45) is -4.86. The van der Waals surface area contributed by atoms with Gasteiger partial charge in [0, 0.05) is 12.1 Å².